The number of alkyl halides is 3. The number of hydrogen-bond acceptors (Lipinski definition) is 5. The molecule has 1 aromatic carbocycles. The van der Waals surface area contributed by atoms with Gasteiger partial charge in [0.2, 0.25) is 0 Å². The Bertz CT molecular complexity index is 1010. The first kappa shape index (κ1) is 28.4. The van der Waals surface area contributed by atoms with Crippen molar-refractivity contribution in [2.75, 3.05) is 31.1 Å². The van der Waals surface area contributed by atoms with E-state index in [0.717, 1.165) is 62.2 Å². The van der Waals surface area contributed by atoms with E-state index < -0.39 is 22.8 Å². The van der Waals surface area contributed by atoms with Gasteiger partial charge in [0.15, 0.2) is 5.11 Å². The summed E-state index contributed by atoms with van der Waals surface area (Å²) in [5.74, 6) is -0.0990. The number of thiocarbonyl (C=S) groups is 1. The fourth-order valence-corrected chi connectivity index (χ4v) is 5.78. The third kappa shape index (κ3) is 5.84. The Morgan fingerprint density at radius 2 is 1.89 bits per heavy atom. The lowest BCUT2D eigenvalue weighted by molar-refractivity contribution is -0.137. The molecule has 0 bridgehead atoms. The summed E-state index contributed by atoms with van der Waals surface area (Å²) in [7, 11) is 0. The fraction of sp³-hybridized carbons (Fsp3) is 0.654. The smallest absolute Gasteiger partial charge is 0.396 e. The summed E-state index contributed by atoms with van der Waals surface area (Å²) in [6, 6.07) is 5.25. The van der Waals surface area contributed by atoms with E-state index in [9.17, 15) is 23.1 Å². The van der Waals surface area contributed by atoms with Crippen molar-refractivity contribution in [2.24, 2.45) is 5.92 Å². The van der Waals surface area contributed by atoms with Gasteiger partial charge in [-0.1, -0.05) is 19.8 Å². The zero-order valence-electron chi connectivity index (χ0n) is 21.1. The minimum Gasteiger partial charge on any atom is -0.396 e. The van der Waals surface area contributed by atoms with Crippen LogP contribution in [0.2, 0.25) is 0 Å². The fourth-order valence-electron chi connectivity index (χ4n) is 5.28. The highest BCUT2D eigenvalue weighted by atomic mass is 32.1. The summed E-state index contributed by atoms with van der Waals surface area (Å²) in [6.45, 7) is 8.38. The lowest BCUT2D eigenvalue weighted by atomic mass is 10.0. The zero-order valence-corrected chi connectivity index (χ0v) is 22.0. The van der Waals surface area contributed by atoms with E-state index in [1.54, 1.807) is 24.8 Å². The number of nitrogens with zero attached hydrogens (tertiary/aromatic N) is 4. The van der Waals surface area contributed by atoms with E-state index in [1.165, 1.54) is 12.5 Å². The number of amides is 1. The molecular formula is C26H35F3N4O2S. The average Bonchev–Trinajstić information content (AvgIpc) is 3.36. The molecule has 1 amide bonds. The van der Waals surface area contributed by atoms with Crippen molar-refractivity contribution >= 4 is 28.9 Å². The molecule has 3 rings (SSSR count). The van der Waals surface area contributed by atoms with Crippen molar-refractivity contribution < 1.29 is 23.1 Å². The predicted octanol–water partition coefficient (Wildman–Crippen LogP) is 4.94. The van der Waals surface area contributed by atoms with Crippen LogP contribution in [-0.4, -0.2) is 63.7 Å². The highest BCUT2D eigenvalue weighted by molar-refractivity contribution is 7.80. The van der Waals surface area contributed by atoms with Crippen LogP contribution in [-0.2, 0) is 11.0 Å². The molecule has 2 aliphatic heterocycles. The Hall–Kier alpha value is -2.22. The van der Waals surface area contributed by atoms with E-state index >= 15 is 0 Å². The lowest BCUT2D eigenvalue weighted by Gasteiger charge is -2.29. The Kier molecular flexibility index (Phi) is 9.02. The first-order valence-corrected chi connectivity index (χ1v) is 13.0. The molecule has 0 aliphatic carbocycles. The zero-order chi connectivity index (χ0) is 26.7. The molecule has 2 fully saturated rings. The summed E-state index contributed by atoms with van der Waals surface area (Å²) < 4.78 is 40.4. The second-order valence-corrected chi connectivity index (χ2v) is 10.7. The van der Waals surface area contributed by atoms with Crippen molar-refractivity contribution in [3.8, 4) is 6.07 Å². The van der Waals surface area contributed by atoms with Gasteiger partial charge in [0.25, 0.3) is 5.91 Å². The third-order valence-corrected chi connectivity index (χ3v) is 7.85. The van der Waals surface area contributed by atoms with Crippen LogP contribution < -0.4 is 4.90 Å². The second-order valence-electron chi connectivity index (χ2n) is 10.3. The Morgan fingerprint density at radius 3 is 2.50 bits per heavy atom. The van der Waals surface area contributed by atoms with Crippen molar-refractivity contribution in [3.63, 3.8) is 0 Å². The maximum absolute atomic E-state index is 13.5. The standard InChI is InChI=1S/C26H35F3N4O2S/c1-18(17-34)22-9-8-13-31(22)12-6-4-5-7-14-32-24(36)33(23(35)25(32,2)3)20-11-10-19(16-30)21(15-20)26(27,28)29/h10-11,15,18,22,34H,4-9,12-14,17H2,1-3H3/t18?,22-/m0/s1. The van der Waals surface area contributed by atoms with Crippen LogP contribution in [0.4, 0.5) is 18.9 Å². The number of carbonyl (C=O) groups excluding carboxylic acids is 1. The summed E-state index contributed by atoms with van der Waals surface area (Å²) in [6.07, 6.45) is 1.43. The van der Waals surface area contributed by atoms with Gasteiger partial charge in [-0.3, -0.25) is 9.69 Å². The van der Waals surface area contributed by atoms with E-state index in [1.807, 2.05) is 0 Å². The molecule has 6 nitrogen and oxygen atoms in total. The van der Waals surface area contributed by atoms with Gasteiger partial charge in [-0.15, -0.1) is 0 Å². The minimum atomic E-state index is -4.72. The molecule has 1 N–H and O–H groups in total. The van der Waals surface area contributed by atoms with Gasteiger partial charge in [-0.05, 0) is 89.0 Å². The molecule has 2 saturated heterocycles. The quantitative estimate of drug-likeness (QED) is 0.345. The Balaban J connectivity index is 1.58. The third-order valence-electron chi connectivity index (χ3n) is 7.45. The number of anilines is 1. The average molecular weight is 525 g/mol. The number of hydrogen-bond donors (Lipinski definition) is 1. The molecule has 198 valence electrons. The topological polar surface area (TPSA) is 70.8 Å². The molecule has 1 aromatic rings. The Labute approximate surface area is 216 Å². The van der Waals surface area contributed by atoms with Crippen molar-refractivity contribution in [1.29, 1.82) is 5.26 Å². The number of aliphatic hydroxyl groups is 1. The normalized spacial score (nSPS) is 21.3. The summed E-state index contributed by atoms with van der Waals surface area (Å²) >= 11 is 5.55. The number of carbonyl (C=O) groups is 1. The van der Waals surface area contributed by atoms with Crippen LogP contribution in [0.3, 0.4) is 0 Å². The van der Waals surface area contributed by atoms with Gasteiger partial charge in [0, 0.05) is 19.2 Å². The van der Waals surface area contributed by atoms with E-state index in [4.69, 9.17) is 17.5 Å². The van der Waals surface area contributed by atoms with Gasteiger partial charge in [-0.25, -0.2) is 0 Å². The van der Waals surface area contributed by atoms with E-state index in [-0.39, 0.29) is 29.2 Å². The number of unbranched alkanes of at least 4 members (excludes halogenated alkanes) is 3. The molecule has 0 aromatic heterocycles. The maximum Gasteiger partial charge on any atom is 0.417 e. The van der Waals surface area contributed by atoms with Gasteiger partial charge in [0.05, 0.1) is 22.9 Å². The number of rotatable bonds is 10. The monoisotopic (exact) mass is 524 g/mol. The number of nitriles is 1. The van der Waals surface area contributed by atoms with Gasteiger partial charge >= 0.3 is 6.18 Å². The van der Waals surface area contributed by atoms with Crippen LogP contribution in [0.1, 0.15) is 70.4 Å². The van der Waals surface area contributed by atoms with E-state index in [0.29, 0.717) is 12.6 Å². The first-order chi connectivity index (χ1) is 16.9. The molecule has 0 saturated carbocycles. The van der Waals surface area contributed by atoms with Crippen LogP contribution in [0, 0.1) is 17.2 Å². The summed E-state index contributed by atoms with van der Waals surface area (Å²) in [5.41, 5.74) is -2.54. The molecule has 0 radical (unpaired) electrons. The molecule has 2 heterocycles. The predicted molar refractivity (Wildman–Crippen MR) is 136 cm³/mol. The number of benzene rings is 1. The van der Waals surface area contributed by atoms with Crippen LogP contribution in [0.15, 0.2) is 18.2 Å². The molecule has 2 atom stereocenters. The SMILES string of the molecule is CC(CO)[C@@H]1CCCN1CCCCCCN1C(=S)N(c2ccc(C#N)c(C(F)(F)F)c2)C(=O)C1(C)C. The Morgan fingerprint density at radius 1 is 1.22 bits per heavy atom. The summed E-state index contributed by atoms with van der Waals surface area (Å²) in [5, 5.41) is 18.7. The van der Waals surface area contributed by atoms with Crippen molar-refractivity contribution in [2.45, 2.75) is 77.1 Å². The highest BCUT2D eigenvalue weighted by Gasteiger charge is 2.49. The minimum absolute atomic E-state index is 0.0178. The summed E-state index contributed by atoms with van der Waals surface area (Å²) in [4.78, 5) is 18.6. The second kappa shape index (κ2) is 11.4. The molecule has 10 heteroatoms. The van der Waals surface area contributed by atoms with Crippen molar-refractivity contribution in [3.05, 3.63) is 29.3 Å². The van der Waals surface area contributed by atoms with Crippen molar-refractivity contribution in [1.82, 2.24) is 9.80 Å². The number of aliphatic hydroxyl groups excluding tert-OH is 1. The highest BCUT2D eigenvalue weighted by Crippen LogP contribution is 2.38. The lowest BCUT2D eigenvalue weighted by Crippen LogP contribution is -2.44. The van der Waals surface area contributed by atoms with Gasteiger partial charge < -0.3 is 14.9 Å². The van der Waals surface area contributed by atoms with E-state index in [2.05, 4.69) is 11.8 Å². The molecular weight excluding hydrogens is 489 g/mol. The number of likely N-dealkylation sites (tertiary alicyclic amines) is 1. The van der Waals surface area contributed by atoms with Crippen LogP contribution in [0.5, 0.6) is 0 Å². The molecule has 1 unspecified atom stereocenters. The maximum atomic E-state index is 13.5. The molecule has 36 heavy (non-hydrogen) atoms. The first-order valence-electron chi connectivity index (χ1n) is 12.6. The number of halogens is 3. The van der Waals surface area contributed by atoms with Gasteiger partial charge in [-0.2, -0.15) is 18.4 Å². The van der Waals surface area contributed by atoms with Crippen LogP contribution >= 0.6 is 12.2 Å². The van der Waals surface area contributed by atoms with Gasteiger partial charge in [0.1, 0.15) is 5.54 Å². The largest absolute Gasteiger partial charge is 0.417 e. The van der Waals surface area contributed by atoms with Crippen LogP contribution in [0.25, 0.3) is 0 Å². The molecule has 0 spiro atoms. The molecule has 2 aliphatic rings.